The van der Waals surface area contributed by atoms with E-state index in [4.69, 9.17) is 16.0 Å². The molecule has 1 fully saturated rings. The molecule has 1 N–H and O–H groups in total. The molecule has 2 nitrogen and oxygen atoms in total. The maximum absolute atomic E-state index is 5.82. The van der Waals surface area contributed by atoms with Gasteiger partial charge in [0.05, 0.1) is 6.04 Å². The van der Waals surface area contributed by atoms with Crippen molar-refractivity contribution in [2.75, 3.05) is 6.54 Å². The van der Waals surface area contributed by atoms with E-state index in [-0.39, 0.29) is 0 Å². The molecule has 0 amide bonds. The third-order valence-electron chi connectivity index (χ3n) is 3.20. The van der Waals surface area contributed by atoms with Gasteiger partial charge in [-0.2, -0.15) is 0 Å². The topological polar surface area (TPSA) is 25.2 Å². The molecule has 0 aliphatic heterocycles. The Morgan fingerprint density at radius 1 is 1.47 bits per heavy atom. The van der Waals surface area contributed by atoms with Crippen LogP contribution in [0.2, 0.25) is 5.22 Å². The molecule has 1 aromatic rings. The summed E-state index contributed by atoms with van der Waals surface area (Å²) in [5.74, 6) is 1.71. The first-order valence-electron chi connectivity index (χ1n) is 5.80. The number of nitrogens with one attached hydrogen (secondary N) is 1. The maximum Gasteiger partial charge on any atom is 0.193 e. The molecule has 15 heavy (non-hydrogen) atoms. The predicted octanol–water partition coefficient (Wildman–Crippen LogP) is 3.77. The van der Waals surface area contributed by atoms with Gasteiger partial charge in [0.15, 0.2) is 5.22 Å². The van der Waals surface area contributed by atoms with Crippen molar-refractivity contribution in [3.63, 3.8) is 0 Å². The van der Waals surface area contributed by atoms with E-state index in [9.17, 15) is 0 Å². The summed E-state index contributed by atoms with van der Waals surface area (Å²) in [7, 11) is 0. The third kappa shape index (κ3) is 2.56. The Kier molecular flexibility index (Phi) is 3.71. The summed E-state index contributed by atoms with van der Waals surface area (Å²) in [4.78, 5) is 0. The zero-order valence-electron chi connectivity index (χ0n) is 9.13. The van der Waals surface area contributed by atoms with Crippen LogP contribution in [0.25, 0.3) is 0 Å². The van der Waals surface area contributed by atoms with Gasteiger partial charge in [0, 0.05) is 0 Å². The van der Waals surface area contributed by atoms with Crippen molar-refractivity contribution in [1.82, 2.24) is 5.32 Å². The van der Waals surface area contributed by atoms with Gasteiger partial charge >= 0.3 is 0 Å². The van der Waals surface area contributed by atoms with Gasteiger partial charge in [0.25, 0.3) is 0 Å². The molecule has 0 bridgehead atoms. The van der Waals surface area contributed by atoms with Crippen LogP contribution in [-0.4, -0.2) is 6.54 Å². The molecule has 2 rings (SSSR count). The van der Waals surface area contributed by atoms with Gasteiger partial charge < -0.3 is 9.73 Å². The fourth-order valence-corrected chi connectivity index (χ4v) is 2.66. The predicted molar refractivity (Wildman–Crippen MR) is 62.1 cm³/mol. The second-order valence-corrected chi connectivity index (χ2v) is 4.59. The minimum absolute atomic E-state index is 0.352. The quantitative estimate of drug-likeness (QED) is 0.847. The van der Waals surface area contributed by atoms with Crippen LogP contribution in [0.1, 0.15) is 44.4 Å². The van der Waals surface area contributed by atoms with Crippen LogP contribution in [-0.2, 0) is 0 Å². The fraction of sp³-hybridized carbons (Fsp3) is 0.667. The van der Waals surface area contributed by atoms with Crippen molar-refractivity contribution in [1.29, 1.82) is 0 Å². The van der Waals surface area contributed by atoms with Crippen molar-refractivity contribution >= 4 is 11.6 Å². The summed E-state index contributed by atoms with van der Waals surface area (Å²) in [5, 5.41) is 3.99. The Labute approximate surface area is 96.0 Å². The van der Waals surface area contributed by atoms with Crippen LogP contribution in [0.3, 0.4) is 0 Å². The van der Waals surface area contributed by atoms with E-state index in [0.717, 1.165) is 12.3 Å². The number of hydrogen-bond donors (Lipinski definition) is 1. The largest absolute Gasteiger partial charge is 0.448 e. The lowest BCUT2D eigenvalue weighted by Crippen LogP contribution is -2.26. The summed E-state index contributed by atoms with van der Waals surface area (Å²) < 4.78 is 5.51. The van der Waals surface area contributed by atoms with Crippen molar-refractivity contribution < 1.29 is 4.42 Å². The van der Waals surface area contributed by atoms with Gasteiger partial charge in [-0.15, -0.1) is 0 Å². The summed E-state index contributed by atoms with van der Waals surface area (Å²) in [5.41, 5.74) is 0. The van der Waals surface area contributed by atoms with Gasteiger partial charge in [-0.05, 0) is 49.0 Å². The third-order valence-corrected chi connectivity index (χ3v) is 3.40. The van der Waals surface area contributed by atoms with Crippen LogP contribution < -0.4 is 5.32 Å². The second-order valence-electron chi connectivity index (χ2n) is 4.22. The Balaban J connectivity index is 2.11. The van der Waals surface area contributed by atoms with Gasteiger partial charge in [0.2, 0.25) is 0 Å². The molecule has 3 heteroatoms. The van der Waals surface area contributed by atoms with Crippen molar-refractivity contribution in [3.05, 3.63) is 23.1 Å². The lowest BCUT2D eigenvalue weighted by atomic mass is 9.96. The number of halogens is 1. The summed E-state index contributed by atoms with van der Waals surface area (Å²) in [6.45, 7) is 3.10. The molecule has 1 atom stereocenters. The van der Waals surface area contributed by atoms with E-state index in [1.165, 1.54) is 25.7 Å². The Morgan fingerprint density at radius 3 is 2.73 bits per heavy atom. The molecule has 1 aromatic heterocycles. The zero-order valence-corrected chi connectivity index (χ0v) is 9.89. The normalized spacial score (nSPS) is 19.6. The molecule has 0 spiro atoms. The van der Waals surface area contributed by atoms with E-state index in [2.05, 4.69) is 12.2 Å². The van der Waals surface area contributed by atoms with Gasteiger partial charge in [0.1, 0.15) is 5.76 Å². The number of rotatable bonds is 4. The summed E-state index contributed by atoms with van der Waals surface area (Å²) in [6, 6.07) is 4.18. The van der Waals surface area contributed by atoms with E-state index in [1.54, 1.807) is 0 Å². The fourth-order valence-electron chi connectivity index (χ4n) is 2.51. The van der Waals surface area contributed by atoms with Gasteiger partial charge in [-0.25, -0.2) is 0 Å². The highest BCUT2D eigenvalue weighted by Crippen LogP contribution is 2.36. The molecule has 1 saturated carbocycles. The van der Waals surface area contributed by atoms with E-state index in [0.29, 0.717) is 17.2 Å². The minimum atomic E-state index is 0.352. The van der Waals surface area contributed by atoms with Crippen molar-refractivity contribution in [2.45, 2.75) is 38.6 Å². The van der Waals surface area contributed by atoms with Crippen molar-refractivity contribution in [3.8, 4) is 0 Å². The second kappa shape index (κ2) is 5.04. The van der Waals surface area contributed by atoms with E-state index in [1.807, 2.05) is 12.1 Å². The molecule has 1 heterocycles. The van der Waals surface area contributed by atoms with Gasteiger partial charge in [-0.1, -0.05) is 19.8 Å². The zero-order chi connectivity index (χ0) is 10.7. The molecule has 84 valence electrons. The van der Waals surface area contributed by atoms with E-state index >= 15 is 0 Å². The van der Waals surface area contributed by atoms with Crippen molar-refractivity contribution in [2.24, 2.45) is 5.92 Å². The molecular formula is C12H18ClNO. The highest BCUT2D eigenvalue weighted by molar-refractivity contribution is 6.28. The maximum atomic E-state index is 5.82. The monoisotopic (exact) mass is 227 g/mol. The summed E-state index contributed by atoms with van der Waals surface area (Å²) >= 11 is 5.82. The molecule has 0 aromatic carbocycles. The van der Waals surface area contributed by atoms with Gasteiger partial charge in [-0.3, -0.25) is 0 Å². The van der Waals surface area contributed by atoms with Crippen LogP contribution >= 0.6 is 11.6 Å². The number of hydrogen-bond acceptors (Lipinski definition) is 2. The molecule has 0 radical (unpaired) electrons. The first kappa shape index (κ1) is 11.0. The highest BCUT2D eigenvalue weighted by Gasteiger charge is 2.27. The Morgan fingerprint density at radius 2 is 2.20 bits per heavy atom. The van der Waals surface area contributed by atoms with Crippen LogP contribution in [0.4, 0.5) is 0 Å². The smallest absolute Gasteiger partial charge is 0.193 e. The van der Waals surface area contributed by atoms with Crippen LogP contribution in [0, 0.1) is 5.92 Å². The molecule has 1 unspecified atom stereocenters. The SMILES string of the molecule is CCNC(c1ccc(Cl)o1)C1CCCC1. The summed E-state index contributed by atoms with van der Waals surface area (Å²) in [6.07, 6.45) is 5.30. The Bertz CT molecular complexity index is 304. The number of furan rings is 1. The molecule has 0 saturated heterocycles. The van der Waals surface area contributed by atoms with Crippen LogP contribution in [0.5, 0.6) is 0 Å². The minimum Gasteiger partial charge on any atom is -0.448 e. The first-order valence-corrected chi connectivity index (χ1v) is 6.17. The lowest BCUT2D eigenvalue weighted by Gasteiger charge is -2.21. The lowest BCUT2D eigenvalue weighted by molar-refractivity contribution is 0.318. The first-order chi connectivity index (χ1) is 7.31. The van der Waals surface area contributed by atoms with Crippen LogP contribution in [0.15, 0.2) is 16.5 Å². The average molecular weight is 228 g/mol. The Hall–Kier alpha value is -0.470. The van der Waals surface area contributed by atoms with E-state index < -0.39 is 0 Å². The molecular weight excluding hydrogens is 210 g/mol. The standard InChI is InChI=1S/C12H18ClNO/c1-2-14-12(9-5-3-4-6-9)10-7-8-11(13)15-10/h7-9,12,14H,2-6H2,1H3. The highest BCUT2D eigenvalue weighted by atomic mass is 35.5. The molecule has 1 aliphatic rings. The average Bonchev–Trinajstić information content (AvgIpc) is 2.85. The molecule has 1 aliphatic carbocycles.